The molecule has 0 saturated heterocycles. The molecule has 1 aromatic carbocycles. The maximum absolute atomic E-state index is 12.4. The summed E-state index contributed by atoms with van der Waals surface area (Å²) >= 11 is 0. The first-order valence-corrected chi connectivity index (χ1v) is 6.76. The van der Waals surface area contributed by atoms with Gasteiger partial charge in [0.05, 0.1) is 6.04 Å². The Morgan fingerprint density at radius 1 is 1.21 bits per heavy atom. The number of Topliss-reactive ketones (excluding diaryl/α,β-unsaturated/α-hetero) is 1. The van der Waals surface area contributed by atoms with Crippen LogP contribution in [0, 0.1) is 0 Å². The van der Waals surface area contributed by atoms with Crippen molar-refractivity contribution >= 4 is 11.7 Å². The second-order valence-electron chi connectivity index (χ2n) is 4.79. The molecule has 19 heavy (non-hydrogen) atoms. The van der Waals surface area contributed by atoms with Crippen LogP contribution in [-0.2, 0) is 4.79 Å². The molecule has 0 radical (unpaired) electrons. The van der Waals surface area contributed by atoms with Crippen LogP contribution < -0.4 is 0 Å². The van der Waals surface area contributed by atoms with Crippen molar-refractivity contribution in [2.24, 2.45) is 0 Å². The minimum absolute atomic E-state index is 0.0275. The average Bonchev–Trinajstić information content (AvgIpc) is 2.41. The molecule has 0 spiro atoms. The number of fused-ring (bicyclic) bond motifs is 1. The van der Waals surface area contributed by atoms with Gasteiger partial charge in [0.25, 0.3) is 5.91 Å². The van der Waals surface area contributed by atoms with Crippen molar-refractivity contribution in [1.82, 2.24) is 10.0 Å². The van der Waals surface area contributed by atoms with Gasteiger partial charge in [-0.2, -0.15) is 0 Å². The summed E-state index contributed by atoms with van der Waals surface area (Å²) in [5.74, 6) is 0.170. The average molecular weight is 260 g/mol. The van der Waals surface area contributed by atoms with Crippen LogP contribution in [0.2, 0.25) is 0 Å². The number of ketones is 1. The quantitative estimate of drug-likeness (QED) is 0.834. The Balaban J connectivity index is 2.51. The zero-order valence-corrected chi connectivity index (χ0v) is 11.7. The van der Waals surface area contributed by atoms with Crippen LogP contribution in [0.25, 0.3) is 0 Å². The summed E-state index contributed by atoms with van der Waals surface area (Å²) in [4.78, 5) is 24.0. The molecule has 4 nitrogen and oxygen atoms in total. The third-order valence-corrected chi connectivity index (χ3v) is 3.56. The van der Waals surface area contributed by atoms with Crippen molar-refractivity contribution in [3.05, 3.63) is 35.4 Å². The van der Waals surface area contributed by atoms with Gasteiger partial charge in [0, 0.05) is 25.1 Å². The molecule has 1 aliphatic rings. The zero-order valence-electron chi connectivity index (χ0n) is 11.7. The predicted octanol–water partition coefficient (Wildman–Crippen LogP) is 2.42. The molecule has 0 aliphatic carbocycles. The smallest absolute Gasteiger partial charge is 0.268 e. The van der Waals surface area contributed by atoms with Crippen LogP contribution in [0.5, 0.6) is 0 Å². The molecule has 4 heteroatoms. The second-order valence-corrected chi connectivity index (χ2v) is 4.79. The number of nitrogens with zero attached hydrogens (tertiary/aromatic N) is 2. The monoisotopic (exact) mass is 260 g/mol. The van der Waals surface area contributed by atoms with Gasteiger partial charge in [-0.1, -0.05) is 25.1 Å². The topological polar surface area (TPSA) is 40.6 Å². The summed E-state index contributed by atoms with van der Waals surface area (Å²) in [6.07, 6.45) is 0.439. The Labute approximate surface area is 114 Å². The highest BCUT2D eigenvalue weighted by Crippen LogP contribution is 2.34. The number of hydrazine groups is 1. The van der Waals surface area contributed by atoms with E-state index in [1.807, 2.05) is 43.1 Å². The van der Waals surface area contributed by atoms with E-state index < -0.39 is 0 Å². The summed E-state index contributed by atoms with van der Waals surface area (Å²) < 4.78 is 0. The van der Waals surface area contributed by atoms with Gasteiger partial charge in [-0.3, -0.25) is 14.6 Å². The Hall–Kier alpha value is -1.68. The van der Waals surface area contributed by atoms with Crippen LogP contribution in [0.15, 0.2) is 24.3 Å². The molecular weight excluding hydrogens is 240 g/mol. The molecule has 102 valence electrons. The first-order valence-electron chi connectivity index (χ1n) is 6.76. The lowest BCUT2D eigenvalue weighted by Gasteiger charge is -2.43. The molecule has 1 unspecified atom stereocenters. The van der Waals surface area contributed by atoms with E-state index in [0.29, 0.717) is 19.5 Å². The van der Waals surface area contributed by atoms with Crippen LogP contribution in [0.1, 0.15) is 49.2 Å². The van der Waals surface area contributed by atoms with E-state index in [2.05, 4.69) is 0 Å². The van der Waals surface area contributed by atoms with Gasteiger partial charge in [0.15, 0.2) is 0 Å². The van der Waals surface area contributed by atoms with Crippen molar-refractivity contribution in [2.45, 2.75) is 33.2 Å². The maximum atomic E-state index is 12.4. The molecule has 0 N–H and O–H groups in total. The molecule has 1 heterocycles. The van der Waals surface area contributed by atoms with Crippen LogP contribution in [-0.4, -0.2) is 34.8 Å². The largest absolute Gasteiger partial charge is 0.300 e. The van der Waals surface area contributed by atoms with Crippen molar-refractivity contribution < 1.29 is 9.59 Å². The van der Waals surface area contributed by atoms with E-state index >= 15 is 0 Å². The Morgan fingerprint density at radius 2 is 1.89 bits per heavy atom. The highest BCUT2D eigenvalue weighted by atomic mass is 16.2. The Kier molecular flexibility index (Phi) is 4.00. The molecule has 1 amide bonds. The molecule has 1 atom stereocenters. The Morgan fingerprint density at radius 3 is 2.47 bits per heavy atom. The molecule has 0 bridgehead atoms. The second kappa shape index (κ2) is 5.53. The fourth-order valence-electron chi connectivity index (χ4n) is 2.77. The van der Waals surface area contributed by atoms with Crippen molar-refractivity contribution in [2.75, 3.05) is 13.1 Å². The number of benzene rings is 1. The lowest BCUT2D eigenvalue weighted by molar-refractivity contribution is -0.120. The minimum atomic E-state index is -0.0312. The summed E-state index contributed by atoms with van der Waals surface area (Å²) in [6.45, 7) is 6.90. The lowest BCUT2D eigenvalue weighted by Crippen LogP contribution is -2.52. The number of hydrogen-bond acceptors (Lipinski definition) is 3. The third kappa shape index (κ3) is 2.40. The van der Waals surface area contributed by atoms with Crippen molar-refractivity contribution in [3.8, 4) is 0 Å². The van der Waals surface area contributed by atoms with Crippen LogP contribution >= 0.6 is 0 Å². The highest BCUT2D eigenvalue weighted by molar-refractivity contribution is 5.96. The van der Waals surface area contributed by atoms with Crippen molar-refractivity contribution in [1.29, 1.82) is 0 Å². The van der Waals surface area contributed by atoms with E-state index in [1.165, 1.54) is 0 Å². The lowest BCUT2D eigenvalue weighted by atomic mass is 9.93. The van der Waals surface area contributed by atoms with Gasteiger partial charge in [-0.15, -0.1) is 0 Å². The fraction of sp³-hybridized carbons (Fsp3) is 0.467. The van der Waals surface area contributed by atoms with Gasteiger partial charge in [-0.05, 0) is 25.5 Å². The van der Waals surface area contributed by atoms with Crippen molar-refractivity contribution in [3.63, 3.8) is 0 Å². The molecule has 0 aromatic heterocycles. The summed E-state index contributed by atoms with van der Waals surface area (Å²) in [7, 11) is 0. The molecule has 2 rings (SSSR count). The van der Waals surface area contributed by atoms with Gasteiger partial charge >= 0.3 is 0 Å². The van der Waals surface area contributed by atoms with Crippen LogP contribution in [0.4, 0.5) is 0 Å². The first kappa shape index (κ1) is 13.7. The molecular formula is C15H20N2O2. The summed E-state index contributed by atoms with van der Waals surface area (Å²) in [5.41, 5.74) is 1.69. The molecule has 0 saturated carbocycles. The molecule has 0 fully saturated rings. The highest BCUT2D eigenvalue weighted by Gasteiger charge is 2.36. The number of hydrogen-bond donors (Lipinski definition) is 0. The predicted molar refractivity (Wildman–Crippen MR) is 73.6 cm³/mol. The number of carbonyl (C=O) groups excluding carboxylic acids is 2. The van der Waals surface area contributed by atoms with E-state index in [-0.39, 0.29) is 17.7 Å². The zero-order chi connectivity index (χ0) is 14.0. The van der Waals surface area contributed by atoms with Gasteiger partial charge in [-0.25, -0.2) is 5.01 Å². The minimum Gasteiger partial charge on any atom is -0.300 e. The molecule has 1 aliphatic heterocycles. The number of rotatable bonds is 4. The number of carbonyl (C=O) groups is 2. The molecule has 1 aromatic rings. The maximum Gasteiger partial charge on any atom is 0.268 e. The van der Waals surface area contributed by atoms with Gasteiger partial charge < -0.3 is 0 Å². The van der Waals surface area contributed by atoms with Gasteiger partial charge in [0.1, 0.15) is 5.78 Å². The fourth-order valence-corrected chi connectivity index (χ4v) is 2.77. The normalized spacial score (nSPS) is 19.4. The van der Waals surface area contributed by atoms with E-state index in [0.717, 1.165) is 11.1 Å². The van der Waals surface area contributed by atoms with Gasteiger partial charge in [0.2, 0.25) is 0 Å². The Bertz CT molecular complexity index is 499. The third-order valence-electron chi connectivity index (χ3n) is 3.56. The van der Waals surface area contributed by atoms with Crippen LogP contribution in [0.3, 0.4) is 0 Å². The van der Waals surface area contributed by atoms with E-state index in [4.69, 9.17) is 0 Å². The van der Waals surface area contributed by atoms with E-state index in [9.17, 15) is 9.59 Å². The summed E-state index contributed by atoms with van der Waals surface area (Å²) in [5, 5.41) is 3.75. The van der Waals surface area contributed by atoms with E-state index in [1.54, 1.807) is 11.9 Å². The number of amides is 1. The first-order chi connectivity index (χ1) is 9.10. The summed E-state index contributed by atoms with van der Waals surface area (Å²) in [6, 6.07) is 7.57. The SMILES string of the molecule is CCN1C(=O)c2ccccc2C(CC(C)=O)N1CC. The standard InChI is InChI=1S/C15H20N2O2/c1-4-16-14(10-11(3)18)12-8-6-7-9-13(12)15(19)17(16)5-2/h6-9,14H,4-5,10H2,1-3H3.